The molecule has 0 bridgehead atoms. The van der Waals surface area contributed by atoms with E-state index in [0.717, 1.165) is 0 Å². The third-order valence-corrected chi connectivity index (χ3v) is 3.79. The maximum absolute atomic E-state index is 11.2. The Kier molecular flexibility index (Phi) is 6.41. The van der Waals surface area contributed by atoms with Crippen LogP contribution in [0.3, 0.4) is 0 Å². The van der Waals surface area contributed by atoms with Gasteiger partial charge in [-0.25, -0.2) is 4.79 Å². The van der Waals surface area contributed by atoms with Gasteiger partial charge in [0.05, 0.1) is 17.7 Å². The zero-order valence-corrected chi connectivity index (χ0v) is 15.0. The van der Waals surface area contributed by atoms with Crippen LogP contribution in [0, 0.1) is 11.3 Å². The van der Waals surface area contributed by atoms with Crippen molar-refractivity contribution < 1.29 is 24.2 Å². The predicted molar refractivity (Wildman–Crippen MR) is 98.5 cm³/mol. The summed E-state index contributed by atoms with van der Waals surface area (Å²) in [6.45, 7) is 0.0666. The number of amides is 1. The topological polar surface area (TPSA) is 123 Å². The van der Waals surface area contributed by atoms with E-state index < -0.39 is 11.9 Å². The van der Waals surface area contributed by atoms with E-state index in [4.69, 9.17) is 37.2 Å². The molecule has 0 aromatic heterocycles. The second-order valence-corrected chi connectivity index (χ2v) is 5.77. The first-order valence-corrected chi connectivity index (χ1v) is 7.97. The first kappa shape index (κ1) is 19.8. The Bertz CT molecular complexity index is 963. The summed E-state index contributed by atoms with van der Waals surface area (Å²) < 4.78 is 10.9. The van der Waals surface area contributed by atoms with Crippen molar-refractivity contribution in [2.75, 3.05) is 7.11 Å². The quantitative estimate of drug-likeness (QED) is 0.557. The first-order valence-electron chi connectivity index (χ1n) is 7.60. The summed E-state index contributed by atoms with van der Waals surface area (Å²) in [5.74, 6) is -1.36. The monoisotopic (exact) mass is 386 g/mol. The number of primary amides is 1. The van der Waals surface area contributed by atoms with E-state index in [1.165, 1.54) is 37.5 Å². The van der Waals surface area contributed by atoms with Gasteiger partial charge in [0, 0.05) is 0 Å². The van der Waals surface area contributed by atoms with Gasteiger partial charge in [-0.3, -0.25) is 4.79 Å². The number of halogens is 1. The Morgan fingerprint density at radius 3 is 2.67 bits per heavy atom. The van der Waals surface area contributed by atoms with Crippen LogP contribution in [0.2, 0.25) is 5.02 Å². The molecule has 0 saturated heterocycles. The molecular weight excluding hydrogens is 372 g/mol. The molecule has 0 unspecified atom stereocenters. The van der Waals surface area contributed by atoms with Gasteiger partial charge in [-0.1, -0.05) is 23.7 Å². The zero-order chi connectivity index (χ0) is 20.0. The highest BCUT2D eigenvalue weighted by molar-refractivity contribution is 6.32. The van der Waals surface area contributed by atoms with Gasteiger partial charge in [-0.2, -0.15) is 5.26 Å². The molecule has 0 atom stereocenters. The molecular formula is C19H15ClN2O5. The molecule has 8 heteroatoms. The molecule has 0 radical (unpaired) electrons. The summed E-state index contributed by atoms with van der Waals surface area (Å²) >= 11 is 6.24. The minimum absolute atomic E-state index is 0.0666. The van der Waals surface area contributed by atoms with E-state index in [2.05, 4.69) is 0 Å². The molecule has 0 aliphatic heterocycles. The molecule has 2 aromatic carbocycles. The summed E-state index contributed by atoms with van der Waals surface area (Å²) in [6, 6.07) is 11.0. The summed E-state index contributed by atoms with van der Waals surface area (Å²) in [6.07, 6.45) is 1.29. The summed E-state index contributed by atoms with van der Waals surface area (Å²) in [5.41, 5.74) is 6.11. The third kappa shape index (κ3) is 5.00. The summed E-state index contributed by atoms with van der Waals surface area (Å²) in [7, 11) is 1.41. The first-order chi connectivity index (χ1) is 12.8. The second-order valence-electron chi connectivity index (χ2n) is 5.36. The molecule has 1 amide bonds. The number of aromatic carboxylic acids is 1. The average Bonchev–Trinajstić information content (AvgIpc) is 2.64. The van der Waals surface area contributed by atoms with Crippen molar-refractivity contribution in [1.29, 1.82) is 5.26 Å². The Morgan fingerprint density at radius 1 is 1.33 bits per heavy atom. The molecule has 0 fully saturated rings. The van der Waals surface area contributed by atoms with E-state index in [1.807, 2.05) is 0 Å². The van der Waals surface area contributed by atoms with Gasteiger partial charge in [0.15, 0.2) is 11.5 Å². The van der Waals surface area contributed by atoms with Gasteiger partial charge in [0.1, 0.15) is 18.2 Å². The molecule has 138 valence electrons. The maximum Gasteiger partial charge on any atom is 0.335 e. The summed E-state index contributed by atoms with van der Waals surface area (Å²) in [4.78, 5) is 22.2. The number of carbonyl (C=O) groups is 2. The number of benzene rings is 2. The van der Waals surface area contributed by atoms with E-state index in [0.29, 0.717) is 11.1 Å². The van der Waals surface area contributed by atoms with E-state index in [9.17, 15) is 9.59 Å². The van der Waals surface area contributed by atoms with Crippen LogP contribution in [0.1, 0.15) is 21.5 Å². The Balaban J connectivity index is 2.30. The van der Waals surface area contributed by atoms with Crippen LogP contribution >= 0.6 is 11.6 Å². The van der Waals surface area contributed by atoms with Gasteiger partial charge >= 0.3 is 5.97 Å². The number of hydrogen-bond donors (Lipinski definition) is 2. The number of rotatable bonds is 7. The van der Waals surface area contributed by atoms with Crippen LogP contribution in [-0.2, 0) is 11.4 Å². The van der Waals surface area contributed by atoms with Crippen LogP contribution in [-0.4, -0.2) is 24.1 Å². The number of hydrogen-bond acceptors (Lipinski definition) is 5. The van der Waals surface area contributed by atoms with Gasteiger partial charge in [0.25, 0.3) is 5.91 Å². The van der Waals surface area contributed by atoms with Crippen LogP contribution in [0.5, 0.6) is 11.5 Å². The van der Waals surface area contributed by atoms with E-state index in [-0.39, 0.29) is 34.3 Å². The fraction of sp³-hybridized carbons (Fsp3) is 0.105. The molecule has 7 nitrogen and oxygen atoms in total. The lowest BCUT2D eigenvalue weighted by molar-refractivity contribution is -0.114. The molecule has 27 heavy (non-hydrogen) atoms. The van der Waals surface area contributed by atoms with Gasteiger partial charge in [0.2, 0.25) is 0 Å². The van der Waals surface area contributed by atoms with Crippen molar-refractivity contribution in [3.8, 4) is 17.6 Å². The van der Waals surface area contributed by atoms with Crippen LogP contribution in [0.25, 0.3) is 6.08 Å². The number of methoxy groups -OCH3 is 1. The normalized spacial score (nSPS) is 10.8. The highest BCUT2D eigenvalue weighted by atomic mass is 35.5. The number of carboxylic acid groups (broad SMARTS) is 1. The molecule has 3 N–H and O–H groups in total. The van der Waals surface area contributed by atoms with Crippen molar-refractivity contribution in [3.05, 3.63) is 63.7 Å². The van der Waals surface area contributed by atoms with Crippen molar-refractivity contribution >= 4 is 29.6 Å². The lowest BCUT2D eigenvalue weighted by Crippen LogP contribution is -2.12. The van der Waals surface area contributed by atoms with E-state index >= 15 is 0 Å². The van der Waals surface area contributed by atoms with Crippen LogP contribution in [0.15, 0.2) is 42.0 Å². The molecule has 0 saturated carbocycles. The fourth-order valence-electron chi connectivity index (χ4n) is 2.24. The molecule has 2 rings (SSSR count). The van der Waals surface area contributed by atoms with Crippen LogP contribution < -0.4 is 15.2 Å². The second kappa shape index (κ2) is 8.74. The molecule has 0 aliphatic carbocycles. The van der Waals surface area contributed by atoms with Crippen LogP contribution in [0.4, 0.5) is 0 Å². The largest absolute Gasteiger partial charge is 0.493 e. The zero-order valence-electron chi connectivity index (χ0n) is 14.2. The fourth-order valence-corrected chi connectivity index (χ4v) is 2.51. The van der Waals surface area contributed by atoms with Crippen molar-refractivity contribution in [3.63, 3.8) is 0 Å². The number of nitrogens with zero attached hydrogens (tertiary/aromatic N) is 1. The smallest absolute Gasteiger partial charge is 0.335 e. The lowest BCUT2D eigenvalue weighted by atomic mass is 10.1. The Labute approximate surface area is 160 Å². The highest BCUT2D eigenvalue weighted by Gasteiger charge is 2.14. The van der Waals surface area contributed by atoms with Crippen molar-refractivity contribution in [2.24, 2.45) is 5.73 Å². The number of carbonyl (C=O) groups excluding carboxylic acids is 1. The van der Waals surface area contributed by atoms with Gasteiger partial charge in [-0.15, -0.1) is 0 Å². The van der Waals surface area contributed by atoms with Gasteiger partial charge in [-0.05, 0) is 41.5 Å². The molecule has 2 aromatic rings. The highest BCUT2D eigenvalue weighted by Crippen LogP contribution is 2.37. The number of carboxylic acids is 1. The Morgan fingerprint density at radius 2 is 2.07 bits per heavy atom. The SMILES string of the molecule is COc1cc(/C=C(/C#N)C(N)=O)cc(Cl)c1OCc1cccc(C(=O)O)c1. The average molecular weight is 387 g/mol. The number of ether oxygens (including phenoxy) is 2. The molecule has 0 spiro atoms. The minimum Gasteiger partial charge on any atom is -0.493 e. The van der Waals surface area contributed by atoms with Crippen molar-refractivity contribution in [1.82, 2.24) is 0 Å². The predicted octanol–water partition coefficient (Wildman–Crippen LogP) is 3.02. The molecule has 0 heterocycles. The standard InChI is InChI=1S/C19H15ClN2O5/c1-26-16-8-12(6-14(9-21)18(22)23)7-15(20)17(16)27-10-11-3-2-4-13(5-11)19(24)25/h2-8H,10H2,1H3,(H2,22,23)(H,24,25)/b14-6-. The maximum atomic E-state index is 11.2. The van der Waals surface area contributed by atoms with Crippen molar-refractivity contribution in [2.45, 2.75) is 6.61 Å². The lowest BCUT2D eigenvalue weighted by Gasteiger charge is -2.14. The minimum atomic E-state index is -1.04. The number of nitrogens with two attached hydrogens (primary N) is 1. The third-order valence-electron chi connectivity index (χ3n) is 3.51. The van der Waals surface area contributed by atoms with E-state index in [1.54, 1.807) is 18.2 Å². The van der Waals surface area contributed by atoms with Gasteiger partial charge < -0.3 is 20.3 Å². The molecule has 0 aliphatic rings. The number of nitriles is 1. The Hall–Kier alpha value is -3.50. The summed E-state index contributed by atoms with van der Waals surface area (Å²) in [5, 5.41) is 18.2.